The molecule has 0 unspecified atom stereocenters. The molecule has 0 aliphatic heterocycles. The van der Waals surface area contributed by atoms with Gasteiger partial charge >= 0.3 is 5.97 Å². The Labute approximate surface area is 106 Å². The van der Waals surface area contributed by atoms with E-state index in [0.29, 0.717) is 28.1 Å². The van der Waals surface area contributed by atoms with Crippen LogP contribution in [0.2, 0.25) is 0 Å². The van der Waals surface area contributed by atoms with E-state index in [1.807, 2.05) is 0 Å². The van der Waals surface area contributed by atoms with Gasteiger partial charge in [0.15, 0.2) is 0 Å². The van der Waals surface area contributed by atoms with Crippen molar-refractivity contribution in [1.29, 1.82) is 0 Å². The second kappa shape index (κ2) is 4.58. The molecule has 0 aliphatic carbocycles. The first-order valence-electron chi connectivity index (χ1n) is 5.02. The van der Waals surface area contributed by atoms with Crippen molar-refractivity contribution in [3.8, 4) is 16.3 Å². The number of aldehydes is 1. The van der Waals surface area contributed by atoms with Gasteiger partial charge in [0.2, 0.25) is 0 Å². The first kappa shape index (κ1) is 12.3. The Kier molecular flexibility index (Phi) is 3.12. The van der Waals surface area contributed by atoms with Crippen LogP contribution in [0.3, 0.4) is 0 Å². The lowest BCUT2D eigenvalue weighted by molar-refractivity contribution is 0.0701. The first-order valence-corrected chi connectivity index (χ1v) is 5.84. The van der Waals surface area contributed by atoms with Crippen LogP contribution in [0.1, 0.15) is 25.7 Å². The Morgan fingerprint density at radius 2 is 2.17 bits per heavy atom. The Bertz CT molecular complexity index is 633. The molecule has 0 saturated heterocycles. The van der Waals surface area contributed by atoms with Gasteiger partial charge in [0.25, 0.3) is 0 Å². The summed E-state index contributed by atoms with van der Waals surface area (Å²) in [5, 5.41) is 19.1. The van der Waals surface area contributed by atoms with Crippen LogP contribution in [0.15, 0.2) is 18.2 Å². The van der Waals surface area contributed by atoms with Gasteiger partial charge in [-0.2, -0.15) is 0 Å². The Balaban J connectivity index is 2.58. The molecule has 1 heterocycles. The summed E-state index contributed by atoms with van der Waals surface area (Å²) in [6.07, 6.45) is 0.654. The number of aromatic nitrogens is 1. The predicted molar refractivity (Wildman–Crippen MR) is 66.3 cm³/mol. The van der Waals surface area contributed by atoms with Gasteiger partial charge < -0.3 is 10.2 Å². The molecular formula is C12H9NO4S. The summed E-state index contributed by atoms with van der Waals surface area (Å²) in [6.45, 7) is 1.59. The van der Waals surface area contributed by atoms with Crippen molar-refractivity contribution in [1.82, 2.24) is 4.98 Å². The van der Waals surface area contributed by atoms with E-state index in [0.717, 1.165) is 11.3 Å². The minimum absolute atomic E-state index is 0.0358. The number of hydrogen-bond donors (Lipinski definition) is 2. The Hall–Kier alpha value is -2.21. The number of carbonyl (C=O) groups is 2. The zero-order valence-corrected chi connectivity index (χ0v) is 10.2. The molecule has 1 aromatic carbocycles. The molecule has 0 spiro atoms. The number of rotatable bonds is 3. The lowest BCUT2D eigenvalue weighted by Crippen LogP contribution is -1.94. The molecule has 0 radical (unpaired) electrons. The van der Waals surface area contributed by atoms with Crippen LogP contribution < -0.4 is 0 Å². The predicted octanol–water partition coefficient (Wildman–Crippen LogP) is 2.33. The maximum absolute atomic E-state index is 10.9. The standard InChI is InChI=1S/C12H9NO4S/c1-6-10(12(16)17)18-11(13-6)8-4-7(5-14)2-3-9(8)15/h2-5,15H,1H3,(H,16,17). The van der Waals surface area contributed by atoms with E-state index in [4.69, 9.17) is 5.11 Å². The number of thiazole rings is 1. The van der Waals surface area contributed by atoms with Crippen molar-refractivity contribution in [2.75, 3.05) is 0 Å². The first-order chi connectivity index (χ1) is 8.52. The molecule has 0 fully saturated rings. The molecular weight excluding hydrogens is 254 g/mol. The molecule has 5 nitrogen and oxygen atoms in total. The Morgan fingerprint density at radius 1 is 1.44 bits per heavy atom. The van der Waals surface area contributed by atoms with Crippen molar-refractivity contribution in [3.63, 3.8) is 0 Å². The molecule has 1 aromatic heterocycles. The van der Waals surface area contributed by atoms with Crippen molar-refractivity contribution < 1.29 is 19.8 Å². The third-order valence-electron chi connectivity index (χ3n) is 2.38. The fourth-order valence-electron chi connectivity index (χ4n) is 1.51. The normalized spacial score (nSPS) is 10.3. The highest BCUT2D eigenvalue weighted by Gasteiger charge is 2.17. The molecule has 0 atom stereocenters. The maximum Gasteiger partial charge on any atom is 0.347 e. The number of carboxylic acids is 1. The van der Waals surface area contributed by atoms with Gasteiger partial charge in [-0.05, 0) is 25.1 Å². The van der Waals surface area contributed by atoms with Crippen molar-refractivity contribution in [2.24, 2.45) is 0 Å². The monoisotopic (exact) mass is 263 g/mol. The molecule has 2 aromatic rings. The minimum Gasteiger partial charge on any atom is -0.507 e. The molecule has 6 heteroatoms. The van der Waals surface area contributed by atoms with Crippen LogP contribution in [0.25, 0.3) is 10.6 Å². The number of aryl methyl sites for hydroxylation is 1. The molecule has 0 saturated carbocycles. The molecule has 2 N–H and O–H groups in total. The molecule has 18 heavy (non-hydrogen) atoms. The fraction of sp³-hybridized carbons (Fsp3) is 0.0833. The topological polar surface area (TPSA) is 87.5 Å². The number of phenolic OH excluding ortho intramolecular Hbond substituents is 1. The number of benzene rings is 1. The zero-order chi connectivity index (χ0) is 13.3. The lowest BCUT2D eigenvalue weighted by atomic mass is 10.1. The second-order valence-electron chi connectivity index (χ2n) is 3.63. The van der Waals surface area contributed by atoms with Gasteiger partial charge in [0.05, 0.1) is 11.3 Å². The largest absolute Gasteiger partial charge is 0.507 e. The number of hydrogen-bond acceptors (Lipinski definition) is 5. The van der Waals surface area contributed by atoms with Gasteiger partial charge in [-0.15, -0.1) is 11.3 Å². The zero-order valence-electron chi connectivity index (χ0n) is 9.38. The number of aromatic hydroxyl groups is 1. The van der Waals surface area contributed by atoms with Gasteiger partial charge in [-0.1, -0.05) is 0 Å². The molecule has 0 amide bonds. The van der Waals surface area contributed by atoms with Gasteiger partial charge in [-0.25, -0.2) is 9.78 Å². The van der Waals surface area contributed by atoms with Crippen LogP contribution >= 0.6 is 11.3 Å². The van der Waals surface area contributed by atoms with Gasteiger partial charge in [0, 0.05) is 5.56 Å². The van der Waals surface area contributed by atoms with Gasteiger partial charge in [0.1, 0.15) is 21.9 Å². The van der Waals surface area contributed by atoms with Crippen molar-refractivity contribution >= 4 is 23.6 Å². The molecule has 2 rings (SSSR count). The average molecular weight is 263 g/mol. The third kappa shape index (κ3) is 2.10. The minimum atomic E-state index is -1.05. The summed E-state index contributed by atoms with van der Waals surface area (Å²) in [5.41, 5.74) is 1.14. The van der Waals surface area contributed by atoms with Crippen LogP contribution in [-0.4, -0.2) is 27.5 Å². The van der Waals surface area contributed by atoms with Crippen molar-refractivity contribution in [3.05, 3.63) is 34.3 Å². The van der Waals surface area contributed by atoms with E-state index >= 15 is 0 Å². The molecule has 0 bridgehead atoms. The fourth-order valence-corrected chi connectivity index (χ4v) is 2.44. The summed E-state index contributed by atoms with van der Waals surface area (Å²) in [5.74, 6) is -1.09. The lowest BCUT2D eigenvalue weighted by Gasteiger charge is -2.01. The highest BCUT2D eigenvalue weighted by Crippen LogP contribution is 2.34. The van der Waals surface area contributed by atoms with Crippen LogP contribution in [-0.2, 0) is 0 Å². The highest BCUT2D eigenvalue weighted by molar-refractivity contribution is 7.17. The quantitative estimate of drug-likeness (QED) is 0.830. The maximum atomic E-state index is 10.9. The number of aromatic carboxylic acids is 1. The van der Waals surface area contributed by atoms with E-state index in [2.05, 4.69) is 4.98 Å². The SMILES string of the molecule is Cc1nc(-c2cc(C=O)ccc2O)sc1C(=O)O. The molecule has 0 aliphatic rings. The third-order valence-corrected chi connectivity index (χ3v) is 3.56. The van der Waals surface area contributed by atoms with Crippen LogP contribution in [0.4, 0.5) is 0 Å². The Morgan fingerprint density at radius 3 is 2.72 bits per heavy atom. The smallest absolute Gasteiger partial charge is 0.347 e. The van der Waals surface area contributed by atoms with Gasteiger partial charge in [-0.3, -0.25) is 4.79 Å². The van der Waals surface area contributed by atoms with E-state index in [1.165, 1.54) is 18.2 Å². The summed E-state index contributed by atoms with van der Waals surface area (Å²) in [7, 11) is 0. The number of carboxylic acid groups (broad SMARTS) is 1. The number of carbonyl (C=O) groups excluding carboxylic acids is 1. The summed E-state index contributed by atoms with van der Waals surface area (Å²) in [4.78, 5) is 25.8. The highest BCUT2D eigenvalue weighted by atomic mass is 32.1. The molecule has 92 valence electrons. The van der Waals surface area contributed by atoms with E-state index in [9.17, 15) is 14.7 Å². The van der Waals surface area contributed by atoms with Crippen LogP contribution in [0, 0.1) is 6.92 Å². The van der Waals surface area contributed by atoms with E-state index in [1.54, 1.807) is 6.92 Å². The second-order valence-corrected chi connectivity index (χ2v) is 4.63. The average Bonchev–Trinajstić information content (AvgIpc) is 2.72. The van der Waals surface area contributed by atoms with E-state index in [-0.39, 0.29) is 10.6 Å². The van der Waals surface area contributed by atoms with Crippen LogP contribution in [0.5, 0.6) is 5.75 Å². The van der Waals surface area contributed by atoms with Crippen molar-refractivity contribution in [2.45, 2.75) is 6.92 Å². The summed E-state index contributed by atoms with van der Waals surface area (Å²) < 4.78 is 0. The number of phenols is 1. The summed E-state index contributed by atoms with van der Waals surface area (Å²) >= 11 is 0.967. The summed E-state index contributed by atoms with van der Waals surface area (Å²) in [6, 6.07) is 4.34. The number of nitrogens with zero attached hydrogens (tertiary/aromatic N) is 1. The van der Waals surface area contributed by atoms with E-state index < -0.39 is 5.97 Å².